The minimum atomic E-state index is -0.949. The third-order valence-corrected chi connectivity index (χ3v) is 5.08. The van der Waals surface area contributed by atoms with Gasteiger partial charge in [-0.05, 0) is 29.8 Å². The van der Waals surface area contributed by atoms with Gasteiger partial charge in [-0.15, -0.1) is 0 Å². The summed E-state index contributed by atoms with van der Waals surface area (Å²) < 4.78 is 41.8. The number of hydrogen-bond acceptors (Lipinski definition) is 5. The molecule has 0 amide bonds. The first-order valence-electron chi connectivity index (χ1n) is 9.72. The topological polar surface area (TPSA) is 80.3 Å². The van der Waals surface area contributed by atoms with E-state index in [2.05, 4.69) is 4.98 Å². The van der Waals surface area contributed by atoms with Gasteiger partial charge in [-0.25, -0.2) is 23.1 Å². The van der Waals surface area contributed by atoms with Crippen LogP contribution in [0, 0.1) is 11.6 Å². The summed E-state index contributed by atoms with van der Waals surface area (Å²) in [6, 6.07) is 10.1. The third-order valence-electron chi connectivity index (χ3n) is 5.08. The summed E-state index contributed by atoms with van der Waals surface area (Å²) in [7, 11) is 3.00. The van der Waals surface area contributed by atoms with E-state index in [0.29, 0.717) is 11.8 Å². The molecule has 0 unspecified atom stereocenters. The van der Waals surface area contributed by atoms with E-state index in [1.807, 2.05) is 12.1 Å². The van der Waals surface area contributed by atoms with E-state index in [-0.39, 0.29) is 36.5 Å². The molecule has 0 spiro atoms. The van der Waals surface area contributed by atoms with Gasteiger partial charge < -0.3 is 14.0 Å². The molecule has 2 aromatic heterocycles. The van der Waals surface area contributed by atoms with Crippen LogP contribution < -0.4 is 16.0 Å². The second kappa shape index (κ2) is 8.75. The van der Waals surface area contributed by atoms with Crippen LogP contribution in [0.5, 0.6) is 5.75 Å². The molecule has 0 aliphatic carbocycles. The number of hydrogen-bond donors (Lipinski definition) is 0. The second-order valence-electron chi connectivity index (χ2n) is 7.06. The summed E-state index contributed by atoms with van der Waals surface area (Å²) in [6.07, 6.45) is 1.41. The summed E-state index contributed by atoms with van der Waals surface area (Å²) >= 11 is 0. The van der Waals surface area contributed by atoms with Gasteiger partial charge in [-0.3, -0.25) is 9.36 Å². The summed E-state index contributed by atoms with van der Waals surface area (Å²) in [5.41, 5.74) is -0.625. The van der Waals surface area contributed by atoms with Crippen LogP contribution in [0.25, 0.3) is 16.9 Å². The van der Waals surface area contributed by atoms with Crippen LogP contribution in [0.4, 0.5) is 8.78 Å². The normalized spacial score (nSPS) is 11.2. The second-order valence-corrected chi connectivity index (χ2v) is 7.06. The molecule has 10 heteroatoms. The molecule has 8 nitrogen and oxygen atoms in total. The van der Waals surface area contributed by atoms with Crippen molar-refractivity contribution < 1.29 is 18.3 Å². The van der Waals surface area contributed by atoms with Crippen molar-refractivity contribution in [1.29, 1.82) is 0 Å². The van der Waals surface area contributed by atoms with Gasteiger partial charge in [0.25, 0.3) is 5.56 Å². The monoisotopic (exact) mass is 442 g/mol. The highest BCUT2D eigenvalue weighted by molar-refractivity contribution is 5.72. The van der Waals surface area contributed by atoms with Crippen LogP contribution in [-0.2, 0) is 17.8 Å². The predicted molar refractivity (Wildman–Crippen MR) is 113 cm³/mol. The fourth-order valence-corrected chi connectivity index (χ4v) is 3.49. The first-order chi connectivity index (χ1) is 15.4. The maximum Gasteiger partial charge on any atom is 0.337 e. The molecule has 0 bridgehead atoms. The molecule has 2 heterocycles. The van der Waals surface area contributed by atoms with E-state index in [9.17, 15) is 18.4 Å². The van der Waals surface area contributed by atoms with Crippen molar-refractivity contribution in [2.45, 2.75) is 13.1 Å². The first-order valence-corrected chi connectivity index (χ1v) is 9.72. The summed E-state index contributed by atoms with van der Waals surface area (Å²) in [4.78, 5) is 30.6. The molecule has 4 rings (SSSR count). The lowest BCUT2D eigenvalue weighted by Gasteiger charge is -2.13. The quantitative estimate of drug-likeness (QED) is 0.439. The number of aromatic nitrogens is 4. The van der Waals surface area contributed by atoms with Crippen LogP contribution >= 0.6 is 0 Å². The highest BCUT2D eigenvalue weighted by Gasteiger charge is 2.21. The Morgan fingerprint density at radius 2 is 1.78 bits per heavy atom. The Morgan fingerprint density at radius 1 is 1.03 bits per heavy atom. The van der Waals surface area contributed by atoms with E-state index in [0.717, 1.165) is 26.8 Å². The van der Waals surface area contributed by atoms with Gasteiger partial charge in [-0.1, -0.05) is 12.1 Å². The van der Waals surface area contributed by atoms with Gasteiger partial charge in [0, 0.05) is 19.7 Å². The highest BCUT2D eigenvalue weighted by Crippen LogP contribution is 2.19. The number of methoxy groups -OCH3 is 2. The van der Waals surface area contributed by atoms with E-state index in [1.54, 1.807) is 23.8 Å². The zero-order valence-electron chi connectivity index (χ0n) is 17.4. The van der Waals surface area contributed by atoms with Crippen molar-refractivity contribution in [3.8, 4) is 11.4 Å². The third kappa shape index (κ3) is 3.80. The molecule has 0 fully saturated rings. The average Bonchev–Trinajstić information content (AvgIpc) is 3.19. The lowest BCUT2D eigenvalue weighted by molar-refractivity contribution is 0.184. The van der Waals surface area contributed by atoms with Crippen LogP contribution in [0.15, 0.2) is 58.4 Å². The van der Waals surface area contributed by atoms with Gasteiger partial charge in [0.15, 0.2) is 11.2 Å². The first kappa shape index (κ1) is 21.4. The van der Waals surface area contributed by atoms with E-state index in [4.69, 9.17) is 9.47 Å². The van der Waals surface area contributed by atoms with Crippen LogP contribution in [-0.4, -0.2) is 39.5 Å². The van der Waals surface area contributed by atoms with Gasteiger partial charge in [0.05, 0.1) is 32.3 Å². The van der Waals surface area contributed by atoms with Crippen molar-refractivity contribution in [3.05, 3.63) is 86.8 Å². The number of fused-ring (bicyclic) bond motifs is 1. The Morgan fingerprint density at radius 3 is 2.44 bits per heavy atom. The molecular weight excluding hydrogens is 422 g/mol. The van der Waals surface area contributed by atoms with E-state index >= 15 is 0 Å². The lowest BCUT2D eigenvalue weighted by Crippen LogP contribution is -2.41. The Hall–Kier alpha value is -3.79. The lowest BCUT2D eigenvalue weighted by atomic mass is 10.2. The van der Waals surface area contributed by atoms with Crippen molar-refractivity contribution in [2.75, 3.05) is 20.8 Å². The van der Waals surface area contributed by atoms with Crippen molar-refractivity contribution in [2.24, 2.45) is 0 Å². The minimum absolute atomic E-state index is 0.0207. The molecule has 0 N–H and O–H groups in total. The Balaban J connectivity index is 1.95. The van der Waals surface area contributed by atoms with Crippen LogP contribution in [0.2, 0.25) is 0 Å². The molecule has 0 radical (unpaired) electrons. The Kier molecular flexibility index (Phi) is 5.87. The molecule has 2 aromatic carbocycles. The number of ether oxygens (including phenoxy) is 2. The molecule has 32 heavy (non-hydrogen) atoms. The van der Waals surface area contributed by atoms with Gasteiger partial charge in [-0.2, -0.15) is 0 Å². The molecular formula is C22H20F2N4O4. The maximum atomic E-state index is 14.6. The van der Waals surface area contributed by atoms with Gasteiger partial charge in [0.2, 0.25) is 0 Å². The zero-order chi connectivity index (χ0) is 22.8. The van der Waals surface area contributed by atoms with Crippen LogP contribution in [0.3, 0.4) is 0 Å². The summed E-state index contributed by atoms with van der Waals surface area (Å²) in [5.74, 6) is -1.05. The molecule has 0 saturated heterocycles. The SMILES string of the molecule is COCCn1c(=O)c2c(ncn2Cc2ccc(OC)cc2)n(-c2ccc(F)cc2F)c1=O. The largest absolute Gasteiger partial charge is 0.497 e. The zero-order valence-corrected chi connectivity index (χ0v) is 17.4. The average molecular weight is 442 g/mol. The van der Waals surface area contributed by atoms with Crippen molar-refractivity contribution in [1.82, 2.24) is 18.7 Å². The number of imidazole rings is 1. The smallest absolute Gasteiger partial charge is 0.337 e. The molecule has 0 saturated carbocycles. The summed E-state index contributed by atoms with van der Waals surface area (Å²) in [5, 5.41) is 0. The molecule has 166 valence electrons. The fourth-order valence-electron chi connectivity index (χ4n) is 3.49. The van der Waals surface area contributed by atoms with Crippen molar-refractivity contribution in [3.63, 3.8) is 0 Å². The van der Waals surface area contributed by atoms with E-state index < -0.39 is 22.9 Å². The molecule has 4 aromatic rings. The number of nitrogens with zero attached hydrogens (tertiary/aromatic N) is 4. The van der Waals surface area contributed by atoms with Crippen LogP contribution in [0.1, 0.15) is 5.56 Å². The molecule has 0 atom stereocenters. The highest BCUT2D eigenvalue weighted by atomic mass is 19.1. The number of halogens is 2. The molecule has 0 aliphatic heterocycles. The number of rotatable bonds is 7. The minimum Gasteiger partial charge on any atom is -0.497 e. The summed E-state index contributed by atoms with van der Waals surface area (Å²) in [6.45, 7) is 0.337. The van der Waals surface area contributed by atoms with E-state index in [1.165, 1.54) is 13.4 Å². The predicted octanol–water partition coefficient (Wildman–Crippen LogP) is 2.33. The number of benzene rings is 2. The Bertz CT molecular complexity index is 1390. The van der Waals surface area contributed by atoms with Crippen molar-refractivity contribution >= 4 is 11.2 Å². The van der Waals surface area contributed by atoms with Gasteiger partial charge in [0.1, 0.15) is 17.4 Å². The maximum absolute atomic E-state index is 14.6. The molecule has 0 aliphatic rings. The standard InChI is InChI=1S/C22H20F2N4O4/c1-31-10-9-27-21(29)19-20(28(22(27)30)18-8-5-15(23)11-17(18)24)25-13-26(19)12-14-3-6-16(32-2)7-4-14/h3-8,11,13H,9-10,12H2,1-2H3. The fraction of sp³-hybridized carbons (Fsp3) is 0.227. The van der Waals surface area contributed by atoms with Gasteiger partial charge >= 0.3 is 5.69 Å². The Labute approximate surface area is 180 Å².